The van der Waals surface area contributed by atoms with Crippen molar-refractivity contribution >= 4 is 0 Å². The number of allylic oxidation sites excluding steroid dienone is 2. The van der Waals surface area contributed by atoms with E-state index in [0.717, 1.165) is 29.6 Å². The van der Waals surface area contributed by atoms with E-state index >= 15 is 0 Å². The van der Waals surface area contributed by atoms with E-state index in [1.54, 1.807) is 6.42 Å². The second-order valence-electron chi connectivity index (χ2n) is 10.6. The molecular weight excluding hydrogens is 288 g/mol. The standard InChI is InChI=1S/C24H40/c1-5-6-7-18-9-11-21-20-10-8-19-16-17(2)12-14-24(19,4)22(20)13-15-23(18,21)3/h8,17-18,20-22H,5-7,9-16H2,1-4H3. The average molecular weight is 329 g/mol. The summed E-state index contributed by atoms with van der Waals surface area (Å²) in [6.07, 6.45) is 19.0. The number of hydrogen-bond donors (Lipinski definition) is 0. The molecule has 0 heteroatoms. The van der Waals surface area contributed by atoms with Crippen LogP contribution in [0.4, 0.5) is 0 Å². The fraction of sp³-hybridized carbons (Fsp3) is 0.917. The van der Waals surface area contributed by atoms with Crippen molar-refractivity contribution in [2.24, 2.45) is 40.4 Å². The van der Waals surface area contributed by atoms with E-state index in [0.29, 0.717) is 10.8 Å². The first-order valence-corrected chi connectivity index (χ1v) is 11.2. The van der Waals surface area contributed by atoms with Gasteiger partial charge in [0.25, 0.3) is 0 Å². The molecule has 0 aromatic heterocycles. The molecule has 0 amide bonds. The lowest BCUT2D eigenvalue weighted by molar-refractivity contribution is -0.0450. The molecule has 7 atom stereocenters. The molecule has 0 saturated heterocycles. The zero-order valence-electron chi connectivity index (χ0n) is 16.7. The maximum absolute atomic E-state index is 2.74. The minimum atomic E-state index is 0.568. The molecule has 0 bridgehead atoms. The van der Waals surface area contributed by atoms with E-state index in [4.69, 9.17) is 0 Å². The fourth-order valence-corrected chi connectivity index (χ4v) is 7.88. The van der Waals surface area contributed by atoms with E-state index in [1.165, 1.54) is 64.2 Å². The first-order chi connectivity index (χ1) is 11.5. The molecule has 0 nitrogen and oxygen atoms in total. The Kier molecular flexibility index (Phi) is 4.41. The van der Waals surface area contributed by atoms with Gasteiger partial charge in [-0.25, -0.2) is 0 Å². The van der Waals surface area contributed by atoms with Gasteiger partial charge in [-0.2, -0.15) is 0 Å². The molecule has 4 rings (SSSR count). The third-order valence-electron chi connectivity index (χ3n) is 9.45. The van der Waals surface area contributed by atoms with Gasteiger partial charge in [-0.3, -0.25) is 0 Å². The molecule has 0 aliphatic heterocycles. The Balaban J connectivity index is 1.58. The SMILES string of the molecule is CCCCC1CCC2C3CC=C4CC(C)CCC4(C)C3CCC12C. The molecule has 0 aromatic carbocycles. The van der Waals surface area contributed by atoms with Gasteiger partial charge in [0.05, 0.1) is 0 Å². The zero-order chi connectivity index (χ0) is 16.9. The molecule has 0 heterocycles. The van der Waals surface area contributed by atoms with Crippen LogP contribution in [0, 0.1) is 40.4 Å². The summed E-state index contributed by atoms with van der Waals surface area (Å²) in [6, 6.07) is 0. The lowest BCUT2D eigenvalue weighted by Crippen LogP contribution is -2.49. The zero-order valence-corrected chi connectivity index (χ0v) is 16.7. The topological polar surface area (TPSA) is 0 Å². The van der Waals surface area contributed by atoms with Gasteiger partial charge in [0.1, 0.15) is 0 Å². The third kappa shape index (κ3) is 2.45. The minimum Gasteiger partial charge on any atom is -0.0845 e. The van der Waals surface area contributed by atoms with Crippen LogP contribution >= 0.6 is 0 Å². The summed E-state index contributed by atoms with van der Waals surface area (Å²) in [7, 11) is 0. The van der Waals surface area contributed by atoms with Gasteiger partial charge < -0.3 is 0 Å². The van der Waals surface area contributed by atoms with E-state index in [9.17, 15) is 0 Å². The lowest BCUT2D eigenvalue weighted by atomic mass is 9.47. The Morgan fingerprint density at radius 1 is 1.04 bits per heavy atom. The molecule has 0 N–H and O–H groups in total. The Morgan fingerprint density at radius 2 is 1.88 bits per heavy atom. The Hall–Kier alpha value is -0.260. The molecule has 0 aromatic rings. The number of fused-ring (bicyclic) bond motifs is 5. The van der Waals surface area contributed by atoms with Crippen LogP contribution < -0.4 is 0 Å². The van der Waals surface area contributed by atoms with Crippen LogP contribution in [0.15, 0.2) is 11.6 Å². The number of hydrogen-bond acceptors (Lipinski definition) is 0. The van der Waals surface area contributed by atoms with E-state index in [1.807, 2.05) is 5.57 Å². The first kappa shape index (κ1) is 17.2. The highest BCUT2D eigenvalue weighted by molar-refractivity contribution is 5.24. The molecule has 4 aliphatic carbocycles. The Morgan fingerprint density at radius 3 is 2.67 bits per heavy atom. The van der Waals surface area contributed by atoms with Crippen LogP contribution in [0.3, 0.4) is 0 Å². The quantitative estimate of drug-likeness (QED) is 0.474. The Labute approximate surface area is 150 Å². The molecule has 3 fully saturated rings. The second kappa shape index (κ2) is 6.17. The van der Waals surface area contributed by atoms with Gasteiger partial charge in [-0.05, 0) is 98.2 Å². The van der Waals surface area contributed by atoms with Crippen molar-refractivity contribution in [3.8, 4) is 0 Å². The molecule has 24 heavy (non-hydrogen) atoms. The van der Waals surface area contributed by atoms with Gasteiger partial charge in [0.2, 0.25) is 0 Å². The number of unbranched alkanes of at least 4 members (excludes halogenated alkanes) is 1. The minimum absolute atomic E-state index is 0.568. The van der Waals surface area contributed by atoms with E-state index < -0.39 is 0 Å². The van der Waals surface area contributed by atoms with Crippen molar-refractivity contribution in [2.45, 2.75) is 98.3 Å². The van der Waals surface area contributed by atoms with Crippen LogP contribution in [0.1, 0.15) is 98.3 Å². The highest BCUT2D eigenvalue weighted by Crippen LogP contribution is 2.66. The first-order valence-electron chi connectivity index (χ1n) is 11.2. The van der Waals surface area contributed by atoms with Gasteiger partial charge in [-0.15, -0.1) is 0 Å². The molecular formula is C24H40. The molecule has 0 radical (unpaired) electrons. The normalized spacial score (nSPS) is 50.7. The van der Waals surface area contributed by atoms with Gasteiger partial charge in [0, 0.05) is 0 Å². The smallest absolute Gasteiger partial charge is 0.00851 e. The van der Waals surface area contributed by atoms with Crippen molar-refractivity contribution in [1.82, 2.24) is 0 Å². The summed E-state index contributed by atoms with van der Waals surface area (Å²) in [6.45, 7) is 10.2. The highest BCUT2D eigenvalue weighted by atomic mass is 14.6. The van der Waals surface area contributed by atoms with Crippen LogP contribution in [-0.2, 0) is 0 Å². The average Bonchev–Trinajstić information content (AvgIpc) is 2.90. The summed E-state index contributed by atoms with van der Waals surface area (Å²) in [5.74, 6) is 5.02. The predicted octanol–water partition coefficient (Wildman–Crippen LogP) is 7.39. The molecule has 0 spiro atoms. The van der Waals surface area contributed by atoms with Crippen molar-refractivity contribution in [2.75, 3.05) is 0 Å². The maximum Gasteiger partial charge on any atom is -0.00851 e. The van der Waals surface area contributed by atoms with Crippen LogP contribution in [0.25, 0.3) is 0 Å². The van der Waals surface area contributed by atoms with Gasteiger partial charge >= 0.3 is 0 Å². The summed E-state index contributed by atoms with van der Waals surface area (Å²) in [4.78, 5) is 0. The molecule has 136 valence electrons. The lowest BCUT2D eigenvalue weighted by Gasteiger charge is -2.58. The van der Waals surface area contributed by atoms with Crippen molar-refractivity contribution < 1.29 is 0 Å². The third-order valence-corrected chi connectivity index (χ3v) is 9.45. The molecule has 4 aliphatic rings. The summed E-state index contributed by atoms with van der Waals surface area (Å²) >= 11 is 0. The summed E-state index contributed by atoms with van der Waals surface area (Å²) < 4.78 is 0. The van der Waals surface area contributed by atoms with Crippen LogP contribution in [0.2, 0.25) is 0 Å². The predicted molar refractivity (Wildman–Crippen MR) is 104 cm³/mol. The monoisotopic (exact) mass is 328 g/mol. The van der Waals surface area contributed by atoms with Crippen LogP contribution in [0.5, 0.6) is 0 Å². The second-order valence-corrected chi connectivity index (χ2v) is 10.6. The van der Waals surface area contributed by atoms with Crippen molar-refractivity contribution in [3.05, 3.63) is 11.6 Å². The summed E-state index contributed by atoms with van der Waals surface area (Å²) in [5, 5.41) is 0. The van der Waals surface area contributed by atoms with Gasteiger partial charge in [-0.1, -0.05) is 52.2 Å². The maximum atomic E-state index is 2.74. The highest BCUT2D eigenvalue weighted by Gasteiger charge is 2.58. The molecule has 3 saturated carbocycles. The van der Waals surface area contributed by atoms with E-state index in [2.05, 4.69) is 33.8 Å². The molecule has 7 unspecified atom stereocenters. The van der Waals surface area contributed by atoms with Crippen molar-refractivity contribution in [3.63, 3.8) is 0 Å². The van der Waals surface area contributed by atoms with Crippen molar-refractivity contribution in [1.29, 1.82) is 0 Å². The van der Waals surface area contributed by atoms with E-state index in [-0.39, 0.29) is 0 Å². The Bertz CT molecular complexity index is 502. The largest absolute Gasteiger partial charge is 0.0845 e. The van der Waals surface area contributed by atoms with Crippen LogP contribution in [-0.4, -0.2) is 0 Å². The fourth-order valence-electron chi connectivity index (χ4n) is 7.88. The van der Waals surface area contributed by atoms with Gasteiger partial charge in [0.15, 0.2) is 0 Å². The number of rotatable bonds is 3. The summed E-state index contributed by atoms with van der Waals surface area (Å²) in [5.41, 5.74) is 3.12.